The molecular formula is C19H33N. The molecule has 0 radical (unpaired) electrons. The Morgan fingerprint density at radius 1 is 1.00 bits per heavy atom. The molecule has 0 spiro atoms. The molecule has 0 saturated heterocycles. The molecule has 0 aliphatic rings. The molecule has 1 atom stereocenters. The third-order valence-electron chi connectivity index (χ3n) is 4.30. The summed E-state index contributed by atoms with van der Waals surface area (Å²) in [5.74, 6) is 0.810. The smallest absolute Gasteiger partial charge is 0.0136 e. The summed E-state index contributed by atoms with van der Waals surface area (Å²) in [5.41, 5.74) is 4.33. The van der Waals surface area contributed by atoms with Gasteiger partial charge in [-0.1, -0.05) is 57.4 Å². The Balaban J connectivity index is 2.86. The Labute approximate surface area is 126 Å². The van der Waals surface area contributed by atoms with Crippen LogP contribution in [0.15, 0.2) is 18.2 Å². The van der Waals surface area contributed by atoms with Crippen molar-refractivity contribution in [1.82, 2.24) is 5.32 Å². The second kappa shape index (κ2) is 9.18. The zero-order valence-electron chi connectivity index (χ0n) is 14.1. The summed E-state index contributed by atoms with van der Waals surface area (Å²) in [7, 11) is 0. The Bertz CT molecular complexity index is 377. The first-order valence-electron chi connectivity index (χ1n) is 8.41. The minimum absolute atomic E-state index is 0.625. The fraction of sp³-hybridized carbons (Fsp3) is 0.684. The zero-order valence-corrected chi connectivity index (χ0v) is 14.1. The molecule has 1 unspecified atom stereocenters. The van der Waals surface area contributed by atoms with E-state index in [9.17, 15) is 0 Å². The van der Waals surface area contributed by atoms with Gasteiger partial charge in [0.05, 0.1) is 0 Å². The summed E-state index contributed by atoms with van der Waals surface area (Å²) in [6, 6.07) is 7.48. The molecule has 1 aromatic rings. The highest BCUT2D eigenvalue weighted by atomic mass is 14.9. The SMILES string of the molecule is CCCC(CCC)C(Cc1cc(C)ccc1C)NCC. The molecule has 0 aliphatic carbocycles. The lowest BCUT2D eigenvalue weighted by molar-refractivity contribution is 0.312. The van der Waals surface area contributed by atoms with Crippen LogP contribution in [0, 0.1) is 19.8 Å². The highest BCUT2D eigenvalue weighted by Gasteiger charge is 2.20. The normalized spacial score (nSPS) is 12.9. The maximum Gasteiger partial charge on any atom is 0.0136 e. The standard InChI is InChI=1S/C19H33N/c1-6-9-17(10-7-2)19(20-8-3)14-18-13-15(4)11-12-16(18)5/h11-13,17,19-20H,6-10,14H2,1-5H3. The number of nitrogens with one attached hydrogen (secondary N) is 1. The van der Waals surface area contributed by atoms with Gasteiger partial charge in [-0.25, -0.2) is 0 Å². The molecule has 0 saturated carbocycles. The molecular weight excluding hydrogens is 242 g/mol. The lowest BCUT2D eigenvalue weighted by Crippen LogP contribution is -2.38. The summed E-state index contributed by atoms with van der Waals surface area (Å²) in [6.07, 6.45) is 6.44. The summed E-state index contributed by atoms with van der Waals surface area (Å²) < 4.78 is 0. The van der Waals surface area contributed by atoms with Gasteiger partial charge in [0.1, 0.15) is 0 Å². The zero-order chi connectivity index (χ0) is 15.0. The van der Waals surface area contributed by atoms with Crippen molar-refractivity contribution >= 4 is 0 Å². The van der Waals surface area contributed by atoms with E-state index in [1.54, 1.807) is 0 Å². The minimum atomic E-state index is 0.625. The third-order valence-corrected chi connectivity index (χ3v) is 4.30. The van der Waals surface area contributed by atoms with Crippen LogP contribution in [0.25, 0.3) is 0 Å². The van der Waals surface area contributed by atoms with Crippen molar-refractivity contribution in [3.63, 3.8) is 0 Å². The van der Waals surface area contributed by atoms with E-state index in [1.165, 1.54) is 48.8 Å². The predicted octanol–water partition coefficient (Wildman–Crippen LogP) is 5.04. The number of likely N-dealkylation sites (N-methyl/N-ethyl adjacent to an activating group) is 1. The molecule has 0 bridgehead atoms. The van der Waals surface area contributed by atoms with Crippen molar-refractivity contribution in [3.05, 3.63) is 34.9 Å². The fourth-order valence-corrected chi connectivity index (χ4v) is 3.21. The second-order valence-corrected chi connectivity index (χ2v) is 6.14. The maximum absolute atomic E-state index is 3.75. The van der Waals surface area contributed by atoms with Crippen molar-refractivity contribution < 1.29 is 0 Å². The lowest BCUT2D eigenvalue weighted by Gasteiger charge is -2.28. The quantitative estimate of drug-likeness (QED) is 0.665. The van der Waals surface area contributed by atoms with Crippen LogP contribution in [0.5, 0.6) is 0 Å². The van der Waals surface area contributed by atoms with Gasteiger partial charge in [0, 0.05) is 6.04 Å². The van der Waals surface area contributed by atoms with Gasteiger partial charge in [0.25, 0.3) is 0 Å². The molecule has 0 aliphatic heterocycles. The molecule has 0 amide bonds. The summed E-state index contributed by atoms with van der Waals surface area (Å²) in [4.78, 5) is 0. The highest BCUT2D eigenvalue weighted by molar-refractivity contribution is 5.31. The Kier molecular flexibility index (Phi) is 7.91. The lowest BCUT2D eigenvalue weighted by atomic mass is 9.85. The van der Waals surface area contributed by atoms with E-state index >= 15 is 0 Å². The highest BCUT2D eigenvalue weighted by Crippen LogP contribution is 2.23. The van der Waals surface area contributed by atoms with Gasteiger partial charge in [-0.05, 0) is 56.7 Å². The maximum atomic E-state index is 3.75. The molecule has 0 heterocycles. The molecule has 1 heteroatoms. The van der Waals surface area contributed by atoms with Crippen molar-refractivity contribution in [1.29, 1.82) is 0 Å². The first kappa shape index (κ1) is 17.2. The number of hydrogen-bond donors (Lipinski definition) is 1. The third kappa shape index (κ3) is 5.28. The van der Waals surface area contributed by atoms with Crippen molar-refractivity contribution in [2.45, 2.75) is 72.8 Å². The van der Waals surface area contributed by atoms with Gasteiger partial charge in [0.2, 0.25) is 0 Å². The van der Waals surface area contributed by atoms with Gasteiger partial charge < -0.3 is 5.32 Å². The molecule has 1 rings (SSSR count). The van der Waals surface area contributed by atoms with Gasteiger partial charge >= 0.3 is 0 Å². The Morgan fingerprint density at radius 3 is 2.20 bits per heavy atom. The van der Waals surface area contributed by atoms with Crippen molar-refractivity contribution in [2.75, 3.05) is 6.54 Å². The molecule has 1 N–H and O–H groups in total. The van der Waals surface area contributed by atoms with Gasteiger partial charge in [-0.3, -0.25) is 0 Å². The average molecular weight is 275 g/mol. The van der Waals surface area contributed by atoms with Crippen LogP contribution in [0.1, 0.15) is 63.1 Å². The topological polar surface area (TPSA) is 12.0 Å². The second-order valence-electron chi connectivity index (χ2n) is 6.14. The summed E-state index contributed by atoms with van der Waals surface area (Å²) >= 11 is 0. The molecule has 114 valence electrons. The van der Waals surface area contributed by atoms with Crippen molar-refractivity contribution in [3.8, 4) is 0 Å². The number of rotatable bonds is 9. The first-order chi connectivity index (χ1) is 9.62. The number of benzene rings is 1. The van der Waals surface area contributed by atoms with Gasteiger partial charge in [-0.2, -0.15) is 0 Å². The van der Waals surface area contributed by atoms with E-state index < -0.39 is 0 Å². The van der Waals surface area contributed by atoms with Crippen LogP contribution >= 0.6 is 0 Å². The van der Waals surface area contributed by atoms with E-state index in [0.717, 1.165) is 12.5 Å². The molecule has 1 aromatic carbocycles. The number of hydrogen-bond acceptors (Lipinski definition) is 1. The molecule has 1 nitrogen and oxygen atoms in total. The molecule has 0 aromatic heterocycles. The molecule has 20 heavy (non-hydrogen) atoms. The van der Waals surface area contributed by atoms with Crippen LogP contribution in [-0.2, 0) is 6.42 Å². The van der Waals surface area contributed by atoms with Crippen molar-refractivity contribution in [2.24, 2.45) is 5.92 Å². The monoisotopic (exact) mass is 275 g/mol. The van der Waals surface area contributed by atoms with E-state index in [1.807, 2.05) is 0 Å². The van der Waals surface area contributed by atoms with Crippen LogP contribution in [0.2, 0.25) is 0 Å². The van der Waals surface area contributed by atoms with Gasteiger partial charge in [-0.15, -0.1) is 0 Å². The average Bonchev–Trinajstić information content (AvgIpc) is 2.42. The number of aryl methyl sites for hydroxylation is 2. The van der Waals surface area contributed by atoms with E-state index in [2.05, 4.69) is 58.1 Å². The van der Waals surface area contributed by atoms with E-state index in [-0.39, 0.29) is 0 Å². The Hall–Kier alpha value is -0.820. The summed E-state index contributed by atoms with van der Waals surface area (Å²) in [6.45, 7) is 12.4. The van der Waals surface area contributed by atoms with Crippen LogP contribution in [0.4, 0.5) is 0 Å². The van der Waals surface area contributed by atoms with E-state index in [4.69, 9.17) is 0 Å². The largest absolute Gasteiger partial charge is 0.314 e. The minimum Gasteiger partial charge on any atom is -0.314 e. The predicted molar refractivity (Wildman–Crippen MR) is 90.4 cm³/mol. The van der Waals surface area contributed by atoms with Crippen LogP contribution < -0.4 is 5.32 Å². The van der Waals surface area contributed by atoms with Crippen LogP contribution in [0.3, 0.4) is 0 Å². The fourth-order valence-electron chi connectivity index (χ4n) is 3.21. The van der Waals surface area contributed by atoms with E-state index in [0.29, 0.717) is 6.04 Å². The first-order valence-corrected chi connectivity index (χ1v) is 8.41. The Morgan fingerprint density at radius 2 is 1.65 bits per heavy atom. The summed E-state index contributed by atoms with van der Waals surface area (Å²) in [5, 5.41) is 3.75. The molecule has 0 fully saturated rings. The van der Waals surface area contributed by atoms with Crippen LogP contribution in [-0.4, -0.2) is 12.6 Å². The van der Waals surface area contributed by atoms with Gasteiger partial charge in [0.15, 0.2) is 0 Å².